The summed E-state index contributed by atoms with van der Waals surface area (Å²) in [5.74, 6) is 0. The maximum absolute atomic E-state index is 13.0. The summed E-state index contributed by atoms with van der Waals surface area (Å²) in [5, 5.41) is 3.06. The van der Waals surface area contributed by atoms with Crippen LogP contribution in [0.1, 0.15) is 36.2 Å². The van der Waals surface area contributed by atoms with Gasteiger partial charge in [-0.3, -0.25) is 0 Å². The van der Waals surface area contributed by atoms with Crippen LogP contribution in [0.25, 0.3) is 5.69 Å². The first-order valence-corrected chi connectivity index (χ1v) is 9.14. The SMILES string of the molecule is CCCNC(=O)N1Cc2ccccc2-n2cccc2[C@@H]1c1ccccc1. The summed E-state index contributed by atoms with van der Waals surface area (Å²) in [6, 6.07) is 22.6. The van der Waals surface area contributed by atoms with Gasteiger partial charge in [0.15, 0.2) is 0 Å². The fourth-order valence-electron chi connectivity index (χ4n) is 3.66. The molecule has 0 fully saturated rings. The maximum Gasteiger partial charge on any atom is 0.318 e. The summed E-state index contributed by atoms with van der Waals surface area (Å²) < 4.78 is 2.21. The number of aromatic nitrogens is 1. The quantitative estimate of drug-likeness (QED) is 0.745. The molecule has 2 amide bonds. The second kappa shape index (κ2) is 7.08. The lowest BCUT2D eigenvalue weighted by Crippen LogP contribution is -2.42. The van der Waals surface area contributed by atoms with Crippen molar-refractivity contribution in [2.45, 2.75) is 25.9 Å². The van der Waals surface area contributed by atoms with Gasteiger partial charge in [0.2, 0.25) is 0 Å². The first kappa shape index (κ1) is 16.5. The minimum absolute atomic E-state index is 0.0230. The number of benzene rings is 2. The minimum atomic E-state index is -0.129. The van der Waals surface area contributed by atoms with Crippen LogP contribution in [0, 0.1) is 0 Å². The lowest BCUT2D eigenvalue weighted by atomic mass is 10.0. The molecule has 0 bridgehead atoms. The molecular weight excluding hydrogens is 322 g/mol. The molecule has 2 heterocycles. The van der Waals surface area contributed by atoms with E-state index in [1.165, 1.54) is 0 Å². The number of fused-ring (bicyclic) bond motifs is 3. The fraction of sp³-hybridized carbons (Fsp3) is 0.227. The van der Waals surface area contributed by atoms with E-state index in [-0.39, 0.29) is 12.1 Å². The molecule has 1 aromatic heterocycles. The van der Waals surface area contributed by atoms with Crippen LogP contribution in [-0.2, 0) is 6.54 Å². The normalized spacial score (nSPS) is 15.7. The van der Waals surface area contributed by atoms with Gasteiger partial charge in [-0.25, -0.2) is 4.79 Å². The van der Waals surface area contributed by atoms with Crippen LogP contribution >= 0.6 is 0 Å². The van der Waals surface area contributed by atoms with E-state index in [9.17, 15) is 4.79 Å². The van der Waals surface area contributed by atoms with Crippen molar-refractivity contribution in [3.63, 3.8) is 0 Å². The van der Waals surface area contributed by atoms with E-state index in [1.54, 1.807) is 0 Å². The average molecular weight is 345 g/mol. The molecule has 0 unspecified atom stereocenters. The number of hydrogen-bond donors (Lipinski definition) is 1. The Labute approximate surface area is 154 Å². The highest BCUT2D eigenvalue weighted by atomic mass is 16.2. The summed E-state index contributed by atoms with van der Waals surface area (Å²) in [4.78, 5) is 15.0. The third-order valence-electron chi connectivity index (χ3n) is 4.87. The zero-order valence-corrected chi connectivity index (χ0v) is 14.9. The monoisotopic (exact) mass is 345 g/mol. The zero-order chi connectivity index (χ0) is 17.9. The Bertz CT molecular complexity index is 901. The van der Waals surface area contributed by atoms with Gasteiger partial charge < -0.3 is 14.8 Å². The number of para-hydroxylation sites is 1. The van der Waals surface area contributed by atoms with Crippen LogP contribution in [0.15, 0.2) is 72.9 Å². The molecule has 0 radical (unpaired) electrons. The van der Waals surface area contributed by atoms with Crippen molar-refractivity contribution in [2.24, 2.45) is 0 Å². The number of nitrogens with one attached hydrogen (secondary N) is 1. The fourth-order valence-corrected chi connectivity index (χ4v) is 3.66. The summed E-state index contributed by atoms with van der Waals surface area (Å²) >= 11 is 0. The zero-order valence-electron chi connectivity index (χ0n) is 14.9. The van der Waals surface area contributed by atoms with Gasteiger partial charge in [-0.1, -0.05) is 55.5 Å². The van der Waals surface area contributed by atoms with E-state index in [1.807, 2.05) is 35.2 Å². The highest BCUT2D eigenvalue weighted by Crippen LogP contribution is 2.36. The molecule has 1 N–H and O–H groups in total. The molecule has 0 saturated heterocycles. The molecule has 4 rings (SSSR count). The van der Waals surface area contributed by atoms with Crippen molar-refractivity contribution in [1.82, 2.24) is 14.8 Å². The number of hydrogen-bond acceptors (Lipinski definition) is 1. The lowest BCUT2D eigenvalue weighted by molar-refractivity contribution is 0.180. The summed E-state index contributed by atoms with van der Waals surface area (Å²) in [6.07, 6.45) is 3.00. The van der Waals surface area contributed by atoms with Gasteiger partial charge in [0.05, 0.1) is 18.3 Å². The minimum Gasteiger partial charge on any atom is -0.338 e. The van der Waals surface area contributed by atoms with Crippen molar-refractivity contribution in [3.05, 3.63) is 89.7 Å². The van der Waals surface area contributed by atoms with E-state index in [0.29, 0.717) is 13.1 Å². The molecule has 0 aliphatic carbocycles. The molecule has 1 atom stereocenters. The topological polar surface area (TPSA) is 37.3 Å². The molecule has 4 nitrogen and oxygen atoms in total. The van der Waals surface area contributed by atoms with Crippen LogP contribution < -0.4 is 5.32 Å². The van der Waals surface area contributed by atoms with E-state index in [4.69, 9.17) is 0 Å². The number of carbonyl (C=O) groups is 1. The van der Waals surface area contributed by atoms with Gasteiger partial charge in [-0.15, -0.1) is 0 Å². The molecule has 0 saturated carbocycles. The molecule has 0 spiro atoms. The number of urea groups is 1. The Morgan fingerprint density at radius 2 is 1.81 bits per heavy atom. The molecule has 1 aliphatic rings. The average Bonchev–Trinajstić information content (AvgIpc) is 3.11. The van der Waals surface area contributed by atoms with Gasteiger partial charge in [-0.2, -0.15) is 0 Å². The maximum atomic E-state index is 13.0. The standard InChI is InChI=1S/C22H23N3O/c1-2-14-23-22(26)25-16-18-11-6-7-12-19(18)24-15-8-13-20(24)21(25)17-9-4-3-5-10-17/h3-13,15,21H,2,14,16H2,1H3,(H,23,26)/t21-/m0/s1. The van der Waals surface area contributed by atoms with Gasteiger partial charge in [0.25, 0.3) is 0 Å². The van der Waals surface area contributed by atoms with Gasteiger partial charge in [-0.05, 0) is 35.7 Å². The third kappa shape index (κ3) is 2.88. The predicted octanol–water partition coefficient (Wildman–Crippen LogP) is 4.50. The molecule has 1 aliphatic heterocycles. The highest BCUT2D eigenvalue weighted by molar-refractivity contribution is 5.76. The van der Waals surface area contributed by atoms with Crippen molar-refractivity contribution < 1.29 is 4.79 Å². The number of amides is 2. The lowest BCUT2D eigenvalue weighted by Gasteiger charge is -2.31. The first-order valence-electron chi connectivity index (χ1n) is 9.14. The van der Waals surface area contributed by atoms with E-state index >= 15 is 0 Å². The van der Waals surface area contributed by atoms with Crippen molar-refractivity contribution in [1.29, 1.82) is 0 Å². The second-order valence-corrected chi connectivity index (χ2v) is 6.60. The number of rotatable bonds is 3. The number of carbonyl (C=O) groups excluding carboxylic acids is 1. The Morgan fingerprint density at radius 3 is 2.62 bits per heavy atom. The summed E-state index contributed by atoms with van der Waals surface area (Å²) in [5.41, 5.74) is 4.51. The van der Waals surface area contributed by atoms with E-state index in [2.05, 4.69) is 59.4 Å². The van der Waals surface area contributed by atoms with Crippen LogP contribution in [0.2, 0.25) is 0 Å². The van der Waals surface area contributed by atoms with Crippen LogP contribution in [0.4, 0.5) is 4.79 Å². The summed E-state index contributed by atoms with van der Waals surface area (Å²) in [6.45, 7) is 3.32. The Hall–Kier alpha value is -3.01. The smallest absolute Gasteiger partial charge is 0.318 e. The van der Waals surface area contributed by atoms with Gasteiger partial charge >= 0.3 is 6.03 Å². The van der Waals surface area contributed by atoms with Crippen molar-refractivity contribution in [3.8, 4) is 5.69 Å². The number of nitrogens with zero attached hydrogens (tertiary/aromatic N) is 2. The highest BCUT2D eigenvalue weighted by Gasteiger charge is 2.32. The van der Waals surface area contributed by atoms with E-state index < -0.39 is 0 Å². The predicted molar refractivity (Wildman–Crippen MR) is 103 cm³/mol. The van der Waals surface area contributed by atoms with Gasteiger partial charge in [0, 0.05) is 18.4 Å². The first-order chi connectivity index (χ1) is 12.8. The summed E-state index contributed by atoms with van der Waals surface area (Å²) in [7, 11) is 0. The Kier molecular flexibility index (Phi) is 4.48. The van der Waals surface area contributed by atoms with Crippen molar-refractivity contribution >= 4 is 6.03 Å². The van der Waals surface area contributed by atoms with Crippen LogP contribution in [0.3, 0.4) is 0 Å². The molecule has 132 valence electrons. The van der Waals surface area contributed by atoms with Crippen molar-refractivity contribution in [2.75, 3.05) is 6.54 Å². The van der Waals surface area contributed by atoms with E-state index in [0.717, 1.165) is 28.9 Å². The van der Waals surface area contributed by atoms with Crippen LogP contribution in [-0.4, -0.2) is 22.0 Å². The molecule has 26 heavy (non-hydrogen) atoms. The molecule has 3 aromatic rings. The molecular formula is C22H23N3O. The second-order valence-electron chi connectivity index (χ2n) is 6.60. The Balaban J connectivity index is 1.87. The van der Waals surface area contributed by atoms with Gasteiger partial charge in [0.1, 0.15) is 0 Å². The largest absolute Gasteiger partial charge is 0.338 e. The molecule has 4 heteroatoms. The molecule has 2 aromatic carbocycles. The van der Waals surface area contributed by atoms with Crippen LogP contribution in [0.5, 0.6) is 0 Å². The Morgan fingerprint density at radius 1 is 1.04 bits per heavy atom. The third-order valence-corrected chi connectivity index (χ3v) is 4.87.